The molecule has 17 heavy (non-hydrogen) atoms. The normalized spacial score (nSPS) is 10.1. The largest absolute Gasteiger partial charge is 0.339 e. The number of carbonyl (C=O) groups excluding carboxylic acids is 2. The minimum atomic E-state index is -0.0834. The number of amides is 1. The second kappa shape index (κ2) is 6.55. The van der Waals surface area contributed by atoms with Gasteiger partial charge >= 0.3 is 0 Å². The highest BCUT2D eigenvalue weighted by atomic mass is 79.9. The number of halogens is 1. The molecule has 1 rings (SSSR count). The van der Waals surface area contributed by atoms with Gasteiger partial charge in [-0.1, -0.05) is 28.1 Å². The first-order valence-corrected chi connectivity index (χ1v) is 6.73. The Balaban J connectivity index is 3.17. The van der Waals surface area contributed by atoms with Crippen molar-refractivity contribution in [1.82, 2.24) is 4.90 Å². The molecule has 0 heterocycles. The maximum Gasteiger partial charge on any atom is 0.254 e. The molecule has 0 saturated heterocycles. The van der Waals surface area contributed by atoms with Gasteiger partial charge in [0.25, 0.3) is 5.91 Å². The maximum absolute atomic E-state index is 12.2. The number of nitrogens with zero attached hydrogens (tertiary/aromatic N) is 1. The molecule has 0 atom stereocenters. The third-order valence-corrected chi connectivity index (χ3v) is 3.33. The van der Waals surface area contributed by atoms with Crippen LogP contribution in [0, 0.1) is 0 Å². The molecule has 0 saturated carbocycles. The van der Waals surface area contributed by atoms with Crippen molar-refractivity contribution in [3.05, 3.63) is 34.9 Å². The van der Waals surface area contributed by atoms with Gasteiger partial charge in [0.2, 0.25) is 0 Å². The van der Waals surface area contributed by atoms with E-state index in [1.54, 1.807) is 17.0 Å². The standard InChI is InChI=1S/C13H16BrNO2/c1-3-15(4-2)13(17)12-7-10(8-14)5-6-11(12)9-16/h5-7,9H,3-4,8H2,1-2H3. The van der Waals surface area contributed by atoms with E-state index in [2.05, 4.69) is 15.9 Å². The van der Waals surface area contributed by atoms with Gasteiger partial charge in [-0.2, -0.15) is 0 Å². The number of alkyl halides is 1. The maximum atomic E-state index is 12.2. The van der Waals surface area contributed by atoms with Gasteiger partial charge in [0, 0.05) is 24.0 Å². The molecule has 1 aromatic carbocycles. The van der Waals surface area contributed by atoms with E-state index in [1.807, 2.05) is 19.9 Å². The quantitative estimate of drug-likeness (QED) is 0.619. The van der Waals surface area contributed by atoms with Gasteiger partial charge in [-0.3, -0.25) is 9.59 Å². The van der Waals surface area contributed by atoms with Crippen molar-refractivity contribution in [2.45, 2.75) is 19.2 Å². The van der Waals surface area contributed by atoms with Gasteiger partial charge in [-0.15, -0.1) is 0 Å². The Hall–Kier alpha value is -1.16. The number of carbonyl (C=O) groups is 2. The summed E-state index contributed by atoms with van der Waals surface area (Å²) in [7, 11) is 0. The minimum absolute atomic E-state index is 0.0834. The fraction of sp³-hybridized carbons (Fsp3) is 0.385. The Labute approximate surface area is 110 Å². The van der Waals surface area contributed by atoms with Crippen LogP contribution >= 0.6 is 15.9 Å². The lowest BCUT2D eigenvalue weighted by Gasteiger charge is -2.19. The summed E-state index contributed by atoms with van der Waals surface area (Å²) in [5.41, 5.74) is 1.93. The van der Waals surface area contributed by atoms with E-state index in [4.69, 9.17) is 0 Å². The molecule has 3 nitrogen and oxygen atoms in total. The Kier molecular flexibility index (Phi) is 5.35. The van der Waals surface area contributed by atoms with Crippen molar-refractivity contribution < 1.29 is 9.59 Å². The topological polar surface area (TPSA) is 37.4 Å². The molecular formula is C13H16BrNO2. The van der Waals surface area contributed by atoms with Crippen molar-refractivity contribution in [2.24, 2.45) is 0 Å². The van der Waals surface area contributed by atoms with Crippen LogP contribution in [0.5, 0.6) is 0 Å². The molecule has 0 unspecified atom stereocenters. The minimum Gasteiger partial charge on any atom is -0.339 e. The van der Waals surface area contributed by atoms with Crippen LogP contribution in [0.15, 0.2) is 18.2 Å². The molecule has 0 N–H and O–H groups in total. The third kappa shape index (κ3) is 3.16. The van der Waals surface area contributed by atoms with Crippen LogP contribution in [0.25, 0.3) is 0 Å². The molecule has 0 fully saturated rings. The van der Waals surface area contributed by atoms with Crippen molar-refractivity contribution in [3.63, 3.8) is 0 Å². The SMILES string of the molecule is CCN(CC)C(=O)c1cc(CBr)ccc1C=O. The molecule has 1 amide bonds. The van der Waals surface area contributed by atoms with Crippen LogP contribution in [-0.2, 0) is 5.33 Å². The zero-order valence-corrected chi connectivity index (χ0v) is 11.7. The fourth-order valence-corrected chi connectivity index (χ4v) is 2.00. The first kappa shape index (κ1) is 13.9. The average molecular weight is 298 g/mol. The highest BCUT2D eigenvalue weighted by Crippen LogP contribution is 2.15. The summed E-state index contributed by atoms with van der Waals surface area (Å²) in [6, 6.07) is 5.32. The molecule has 0 spiro atoms. The summed E-state index contributed by atoms with van der Waals surface area (Å²) in [6.45, 7) is 5.14. The van der Waals surface area contributed by atoms with Crippen LogP contribution in [-0.4, -0.2) is 30.2 Å². The van der Waals surface area contributed by atoms with Gasteiger partial charge in [-0.05, 0) is 25.5 Å². The van der Waals surface area contributed by atoms with Crippen LogP contribution < -0.4 is 0 Å². The zero-order chi connectivity index (χ0) is 12.8. The lowest BCUT2D eigenvalue weighted by atomic mass is 10.0. The average Bonchev–Trinajstić information content (AvgIpc) is 2.39. The Morgan fingerprint density at radius 3 is 2.47 bits per heavy atom. The second-order valence-corrected chi connectivity index (χ2v) is 4.21. The van der Waals surface area contributed by atoms with Crippen molar-refractivity contribution >= 4 is 28.1 Å². The number of benzene rings is 1. The molecule has 4 heteroatoms. The van der Waals surface area contributed by atoms with Gasteiger partial charge in [-0.25, -0.2) is 0 Å². The van der Waals surface area contributed by atoms with E-state index in [1.165, 1.54) is 0 Å². The third-order valence-electron chi connectivity index (χ3n) is 2.68. The van der Waals surface area contributed by atoms with Crippen LogP contribution in [0.1, 0.15) is 40.1 Å². The van der Waals surface area contributed by atoms with E-state index >= 15 is 0 Å². The van der Waals surface area contributed by atoms with Crippen molar-refractivity contribution in [1.29, 1.82) is 0 Å². The molecule has 0 aliphatic carbocycles. The van der Waals surface area contributed by atoms with Crippen LogP contribution in [0.2, 0.25) is 0 Å². The summed E-state index contributed by atoms with van der Waals surface area (Å²) >= 11 is 3.35. The van der Waals surface area contributed by atoms with Crippen molar-refractivity contribution in [2.75, 3.05) is 13.1 Å². The van der Waals surface area contributed by atoms with Gasteiger partial charge in [0.05, 0.1) is 5.56 Å². The van der Waals surface area contributed by atoms with Gasteiger partial charge in [0.1, 0.15) is 0 Å². The zero-order valence-electron chi connectivity index (χ0n) is 10.1. The van der Waals surface area contributed by atoms with E-state index in [0.29, 0.717) is 29.5 Å². The Morgan fingerprint density at radius 2 is 2.00 bits per heavy atom. The predicted molar refractivity (Wildman–Crippen MR) is 71.7 cm³/mol. The van der Waals surface area contributed by atoms with E-state index in [0.717, 1.165) is 11.8 Å². The number of hydrogen-bond acceptors (Lipinski definition) is 2. The van der Waals surface area contributed by atoms with Crippen LogP contribution in [0.4, 0.5) is 0 Å². The molecule has 0 radical (unpaired) electrons. The van der Waals surface area contributed by atoms with E-state index < -0.39 is 0 Å². The summed E-state index contributed by atoms with van der Waals surface area (Å²) in [5, 5.41) is 0.671. The second-order valence-electron chi connectivity index (χ2n) is 3.65. The summed E-state index contributed by atoms with van der Waals surface area (Å²) < 4.78 is 0. The predicted octanol–water partition coefficient (Wildman–Crippen LogP) is 2.88. The molecule has 0 aliphatic heterocycles. The molecular weight excluding hydrogens is 282 g/mol. The Morgan fingerprint density at radius 1 is 1.35 bits per heavy atom. The fourth-order valence-electron chi connectivity index (χ4n) is 1.66. The summed E-state index contributed by atoms with van der Waals surface area (Å²) in [4.78, 5) is 24.9. The van der Waals surface area contributed by atoms with Crippen LogP contribution in [0.3, 0.4) is 0 Å². The van der Waals surface area contributed by atoms with Gasteiger partial charge in [0.15, 0.2) is 6.29 Å². The Bertz CT molecular complexity index is 414. The molecule has 0 bridgehead atoms. The molecule has 0 aromatic heterocycles. The highest BCUT2D eigenvalue weighted by Gasteiger charge is 2.16. The van der Waals surface area contributed by atoms with E-state index in [-0.39, 0.29) is 5.91 Å². The molecule has 92 valence electrons. The summed E-state index contributed by atoms with van der Waals surface area (Å²) in [6.07, 6.45) is 0.731. The number of rotatable bonds is 5. The number of hydrogen-bond donors (Lipinski definition) is 0. The number of aldehydes is 1. The lowest BCUT2D eigenvalue weighted by molar-refractivity contribution is 0.0770. The lowest BCUT2D eigenvalue weighted by Crippen LogP contribution is -2.31. The highest BCUT2D eigenvalue weighted by molar-refractivity contribution is 9.08. The van der Waals surface area contributed by atoms with Gasteiger partial charge < -0.3 is 4.90 Å². The molecule has 1 aromatic rings. The van der Waals surface area contributed by atoms with E-state index in [9.17, 15) is 9.59 Å². The van der Waals surface area contributed by atoms with Crippen molar-refractivity contribution in [3.8, 4) is 0 Å². The summed E-state index contributed by atoms with van der Waals surface area (Å²) in [5.74, 6) is -0.0834. The molecule has 0 aliphatic rings. The first-order valence-electron chi connectivity index (χ1n) is 5.61. The monoisotopic (exact) mass is 297 g/mol. The first-order chi connectivity index (χ1) is 8.17. The smallest absolute Gasteiger partial charge is 0.254 e.